The largest absolute Gasteiger partial charge is 0.493 e. The van der Waals surface area contributed by atoms with Crippen molar-refractivity contribution in [2.24, 2.45) is 11.8 Å². The first-order valence-electron chi connectivity index (χ1n) is 13.8. The zero-order valence-corrected chi connectivity index (χ0v) is 24.3. The first-order valence-corrected chi connectivity index (χ1v) is 15.9. The van der Waals surface area contributed by atoms with Crippen molar-refractivity contribution in [3.8, 4) is 11.5 Å². The van der Waals surface area contributed by atoms with E-state index in [1.54, 1.807) is 14.2 Å². The molecule has 1 saturated carbocycles. The SMILES string of the molecule is CCCCC1C(C)NNC(SCC2CSC(c3ccc(OC)c(OC)c3)N2)NC(C2CCC2)NC1C. The van der Waals surface area contributed by atoms with Gasteiger partial charge in [-0.2, -0.15) is 0 Å². The van der Waals surface area contributed by atoms with Crippen LogP contribution in [0.15, 0.2) is 18.2 Å². The Morgan fingerprint density at radius 1 is 1.00 bits per heavy atom. The van der Waals surface area contributed by atoms with E-state index in [1.807, 2.05) is 29.6 Å². The predicted octanol–water partition coefficient (Wildman–Crippen LogP) is 4.42. The summed E-state index contributed by atoms with van der Waals surface area (Å²) in [5.41, 5.74) is 8.73. The molecule has 7 atom stereocenters. The Labute approximate surface area is 226 Å². The van der Waals surface area contributed by atoms with Crippen LogP contribution in [0.25, 0.3) is 0 Å². The average Bonchev–Trinajstić information content (AvgIpc) is 3.34. The molecule has 2 aliphatic heterocycles. The second-order valence-corrected chi connectivity index (χ2v) is 12.9. The highest BCUT2D eigenvalue weighted by molar-refractivity contribution is 8.00. The molecule has 2 saturated heterocycles. The molecule has 3 aliphatic rings. The molecule has 204 valence electrons. The molecule has 0 amide bonds. The monoisotopic (exact) mass is 537 g/mol. The number of unbranched alkanes of at least 4 members (excludes halogenated alkanes) is 1. The number of hydrazine groups is 1. The molecule has 7 unspecified atom stereocenters. The summed E-state index contributed by atoms with van der Waals surface area (Å²) in [6.45, 7) is 7.01. The molecule has 9 heteroatoms. The average molecular weight is 538 g/mol. The van der Waals surface area contributed by atoms with Crippen molar-refractivity contribution in [2.45, 2.75) is 94.5 Å². The first-order chi connectivity index (χ1) is 17.5. The summed E-state index contributed by atoms with van der Waals surface area (Å²) in [6.07, 6.45) is 8.17. The van der Waals surface area contributed by atoms with Gasteiger partial charge in [0.25, 0.3) is 0 Å². The maximum atomic E-state index is 5.52. The lowest BCUT2D eigenvalue weighted by atomic mass is 9.81. The van der Waals surface area contributed by atoms with Crippen LogP contribution in [0, 0.1) is 11.8 Å². The molecule has 5 N–H and O–H groups in total. The number of nitrogens with one attached hydrogen (secondary N) is 5. The Morgan fingerprint density at radius 3 is 2.50 bits per heavy atom. The highest BCUT2D eigenvalue weighted by atomic mass is 32.2. The summed E-state index contributed by atoms with van der Waals surface area (Å²) in [7, 11) is 3.38. The number of hydrogen-bond donors (Lipinski definition) is 5. The molecule has 1 aliphatic carbocycles. The Kier molecular flexibility index (Phi) is 11.0. The van der Waals surface area contributed by atoms with E-state index >= 15 is 0 Å². The lowest BCUT2D eigenvalue weighted by Gasteiger charge is -2.39. The summed E-state index contributed by atoms with van der Waals surface area (Å²) in [5.74, 6) is 5.05. The Morgan fingerprint density at radius 2 is 1.81 bits per heavy atom. The third kappa shape index (κ3) is 7.24. The van der Waals surface area contributed by atoms with Gasteiger partial charge in [0, 0.05) is 29.6 Å². The lowest BCUT2D eigenvalue weighted by Crippen LogP contribution is -2.58. The van der Waals surface area contributed by atoms with Crippen LogP contribution in [-0.4, -0.2) is 55.5 Å². The van der Waals surface area contributed by atoms with Crippen molar-refractivity contribution in [3.63, 3.8) is 0 Å². The van der Waals surface area contributed by atoms with Crippen LogP contribution in [0.3, 0.4) is 0 Å². The molecule has 0 bridgehead atoms. The lowest BCUT2D eigenvalue weighted by molar-refractivity contribution is 0.167. The van der Waals surface area contributed by atoms with Crippen LogP contribution in [0.4, 0.5) is 0 Å². The van der Waals surface area contributed by atoms with Crippen LogP contribution < -0.4 is 36.3 Å². The highest BCUT2D eigenvalue weighted by Crippen LogP contribution is 2.38. The standard InChI is InChI=1S/C27H47N5O2S2/c1-6-7-11-22-17(2)28-25(19-9-8-10-19)30-27(32-31-18(22)3)36-16-21-15-35-26(29-21)20-12-13-23(33-4)24(14-20)34-5/h12-14,17-19,21-22,25-32H,6-11,15-16H2,1-5H3. The maximum absolute atomic E-state index is 5.52. The van der Waals surface area contributed by atoms with Gasteiger partial charge in [-0.3, -0.25) is 21.4 Å². The van der Waals surface area contributed by atoms with Crippen molar-refractivity contribution >= 4 is 23.5 Å². The minimum Gasteiger partial charge on any atom is -0.493 e. The molecule has 1 aromatic carbocycles. The number of hydrogen-bond acceptors (Lipinski definition) is 9. The van der Waals surface area contributed by atoms with Crippen LogP contribution in [0.1, 0.15) is 70.2 Å². The Hall–Kier alpha value is -0.680. The Bertz CT molecular complexity index is 814. The summed E-state index contributed by atoms with van der Waals surface area (Å²) in [4.78, 5) is 0. The summed E-state index contributed by atoms with van der Waals surface area (Å²) in [6, 6.07) is 7.59. The smallest absolute Gasteiger partial charge is 0.161 e. The van der Waals surface area contributed by atoms with E-state index in [1.165, 1.54) is 44.1 Å². The van der Waals surface area contributed by atoms with E-state index in [2.05, 4.69) is 59.7 Å². The number of thioether (sulfide) groups is 2. The van der Waals surface area contributed by atoms with Gasteiger partial charge in [-0.05, 0) is 62.6 Å². The van der Waals surface area contributed by atoms with Gasteiger partial charge in [0.1, 0.15) is 5.50 Å². The van der Waals surface area contributed by atoms with E-state index < -0.39 is 0 Å². The molecule has 7 nitrogen and oxygen atoms in total. The van der Waals surface area contributed by atoms with Crippen LogP contribution >= 0.6 is 23.5 Å². The van der Waals surface area contributed by atoms with Crippen LogP contribution in [0.5, 0.6) is 11.5 Å². The van der Waals surface area contributed by atoms with Gasteiger partial charge in [0.2, 0.25) is 0 Å². The number of benzene rings is 1. The quantitative estimate of drug-likeness (QED) is 0.298. The van der Waals surface area contributed by atoms with Gasteiger partial charge in [0.05, 0.1) is 25.8 Å². The third-order valence-corrected chi connectivity index (χ3v) is 10.6. The van der Waals surface area contributed by atoms with Crippen molar-refractivity contribution in [2.75, 3.05) is 25.7 Å². The molecule has 2 heterocycles. The number of ether oxygens (including phenoxy) is 2. The van der Waals surface area contributed by atoms with Gasteiger partial charge in [-0.25, -0.2) is 5.43 Å². The van der Waals surface area contributed by atoms with Gasteiger partial charge >= 0.3 is 0 Å². The zero-order valence-electron chi connectivity index (χ0n) is 22.6. The van der Waals surface area contributed by atoms with Gasteiger partial charge in [-0.15, -0.1) is 23.5 Å². The number of rotatable bonds is 10. The molecule has 0 aromatic heterocycles. The molecule has 0 radical (unpaired) electrons. The second-order valence-electron chi connectivity index (χ2n) is 10.6. The van der Waals surface area contributed by atoms with Crippen LogP contribution in [-0.2, 0) is 0 Å². The molecular weight excluding hydrogens is 490 g/mol. The van der Waals surface area contributed by atoms with Gasteiger partial charge < -0.3 is 9.47 Å². The minimum atomic E-state index is 0.162. The van der Waals surface area contributed by atoms with E-state index in [9.17, 15) is 0 Å². The molecule has 1 aromatic rings. The number of methoxy groups -OCH3 is 2. The summed E-state index contributed by atoms with van der Waals surface area (Å²) in [5, 5.41) is 12.1. The molecule has 0 spiro atoms. The zero-order chi connectivity index (χ0) is 25.5. The second kappa shape index (κ2) is 13.9. The van der Waals surface area contributed by atoms with E-state index in [0.29, 0.717) is 30.2 Å². The minimum absolute atomic E-state index is 0.162. The fraction of sp³-hybridized carbons (Fsp3) is 0.778. The van der Waals surface area contributed by atoms with Crippen molar-refractivity contribution < 1.29 is 9.47 Å². The molecule has 36 heavy (non-hydrogen) atoms. The predicted molar refractivity (Wildman–Crippen MR) is 154 cm³/mol. The Balaban J connectivity index is 1.34. The summed E-state index contributed by atoms with van der Waals surface area (Å²) >= 11 is 3.94. The molecule has 3 fully saturated rings. The van der Waals surface area contributed by atoms with E-state index in [-0.39, 0.29) is 10.9 Å². The fourth-order valence-electron chi connectivity index (χ4n) is 5.52. The highest BCUT2D eigenvalue weighted by Gasteiger charge is 2.35. The van der Waals surface area contributed by atoms with E-state index in [4.69, 9.17) is 9.47 Å². The van der Waals surface area contributed by atoms with Gasteiger partial charge in [-0.1, -0.05) is 32.3 Å². The van der Waals surface area contributed by atoms with Crippen molar-refractivity contribution in [3.05, 3.63) is 23.8 Å². The molecular formula is C27H47N5O2S2. The van der Waals surface area contributed by atoms with Gasteiger partial charge in [0.15, 0.2) is 11.5 Å². The molecule has 4 rings (SSSR count). The topological polar surface area (TPSA) is 78.6 Å². The van der Waals surface area contributed by atoms with Crippen molar-refractivity contribution in [1.29, 1.82) is 0 Å². The fourth-order valence-corrected chi connectivity index (χ4v) is 7.97. The normalized spacial score (nSPS) is 33.9. The van der Waals surface area contributed by atoms with Crippen LogP contribution in [0.2, 0.25) is 0 Å². The summed E-state index contributed by atoms with van der Waals surface area (Å²) < 4.78 is 10.9. The van der Waals surface area contributed by atoms with E-state index in [0.717, 1.165) is 28.9 Å². The maximum Gasteiger partial charge on any atom is 0.161 e. The van der Waals surface area contributed by atoms with Crippen molar-refractivity contribution in [1.82, 2.24) is 26.8 Å². The third-order valence-electron chi connectivity index (χ3n) is 8.04. The first kappa shape index (κ1) is 28.3.